The topological polar surface area (TPSA) is 54.9 Å². The molecule has 1 saturated heterocycles. The molecule has 31 heavy (non-hydrogen) atoms. The van der Waals surface area contributed by atoms with Crippen LogP contribution in [0.5, 0.6) is 0 Å². The molecule has 2 unspecified atom stereocenters. The van der Waals surface area contributed by atoms with Crippen LogP contribution in [0, 0.1) is 18.3 Å². The lowest BCUT2D eigenvalue weighted by Crippen LogP contribution is -2.45. The number of ether oxygens (including phenoxy) is 2. The number of hydrogen-bond acceptors (Lipinski definition) is 3. The van der Waals surface area contributed by atoms with Crippen molar-refractivity contribution < 1.29 is 9.47 Å². The molecule has 3 rings (SSSR count). The van der Waals surface area contributed by atoms with Crippen LogP contribution in [0.3, 0.4) is 0 Å². The van der Waals surface area contributed by atoms with Gasteiger partial charge in [0, 0.05) is 45.9 Å². The zero-order valence-electron chi connectivity index (χ0n) is 19.6. The standard InChI is InChI=1S/C25H41N3O2.HI/c1-4-29-17-15-25(13-5-6-14-25)19-28-24(26-3)27-18-22-8-7-16-30-23(22)21-11-9-20(2)10-12-21;/h9-12,22-23H,4-8,13-19H2,1-3H3,(H2,26,27,28);1H. The third-order valence-corrected chi connectivity index (χ3v) is 6.88. The van der Waals surface area contributed by atoms with E-state index in [1.807, 2.05) is 7.05 Å². The van der Waals surface area contributed by atoms with E-state index in [-0.39, 0.29) is 30.1 Å². The van der Waals surface area contributed by atoms with Crippen LogP contribution < -0.4 is 10.6 Å². The Balaban J connectivity index is 0.00000341. The molecule has 1 aromatic carbocycles. The van der Waals surface area contributed by atoms with E-state index < -0.39 is 0 Å². The van der Waals surface area contributed by atoms with Gasteiger partial charge >= 0.3 is 0 Å². The molecule has 1 heterocycles. The minimum Gasteiger partial charge on any atom is -0.382 e. The summed E-state index contributed by atoms with van der Waals surface area (Å²) in [5, 5.41) is 7.21. The van der Waals surface area contributed by atoms with Crippen LogP contribution in [0.25, 0.3) is 0 Å². The van der Waals surface area contributed by atoms with Crippen LogP contribution in [0.15, 0.2) is 29.3 Å². The Labute approximate surface area is 206 Å². The Kier molecular flexibility index (Phi) is 11.6. The highest BCUT2D eigenvalue weighted by atomic mass is 127. The van der Waals surface area contributed by atoms with Gasteiger partial charge in [0.2, 0.25) is 0 Å². The highest BCUT2D eigenvalue weighted by Gasteiger charge is 2.34. The largest absolute Gasteiger partial charge is 0.382 e. The average molecular weight is 544 g/mol. The number of nitrogens with one attached hydrogen (secondary N) is 2. The molecule has 0 aromatic heterocycles. The zero-order chi connectivity index (χ0) is 21.2. The maximum absolute atomic E-state index is 6.18. The molecule has 2 fully saturated rings. The summed E-state index contributed by atoms with van der Waals surface area (Å²) in [4.78, 5) is 4.49. The Bertz CT molecular complexity index is 659. The van der Waals surface area contributed by atoms with Crippen molar-refractivity contribution in [3.05, 3.63) is 35.4 Å². The Hall–Kier alpha value is -0.860. The Morgan fingerprint density at radius 3 is 2.58 bits per heavy atom. The number of guanidine groups is 1. The van der Waals surface area contributed by atoms with Gasteiger partial charge < -0.3 is 20.1 Å². The first-order valence-corrected chi connectivity index (χ1v) is 11.9. The lowest BCUT2D eigenvalue weighted by atomic mass is 9.83. The first-order valence-electron chi connectivity index (χ1n) is 11.9. The molecule has 0 bridgehead atoms. The smallest absolute Gasteiger partial charge is 0.191 e. The molecule has 2 N–H and O–H groups in total. The molecular formula is C25H42IN3O2. The summed E-state index contributed by atoms with van der Waals surface area (Å²) in [6.45, 7) is 8.58. The van der Waals surface area contributed by atoms with Crippen molar-refractivity contribution in [1.82, 2.24) is 10.6 Å². The molecule has 0 spiro atoms. The summed E-state index contributed by atoms with van der Waals surface area (Å²) >= 11 is 0. The molecule has 1 aliphatic carbocycles. The van der Waals surface area contributed by atoms with Gasteiger partial charge in [-0.25, -0.2) is 0 Å². The zero-order valence-corrected chi connectivity index (χ0v) is 22.0. The number of hydrogen-bond donors (Lipinski definition) is 2. The minimum atomic E-state index is 0. The second-order valence-corrected chi connectivity index (χ2v) is 9.07. The summed E-state index contributed by atoms with van der Waals surface area (Å²) in [5.41, 5.74) is 2.93. The highest BCUT2D eigenvalue weighted by molar-refractivity contribution is 14.0. The third kappa shape index (κ3) is 7.90. The van der Waals surface area contributed by atoms with Crippen molar-refractivity contribution in [2.45, 2.75) is 64.9 Å². The van der Waals surface area contributed by atoms with Crippen molar-refractivity contribution in [3.8, 4) is 0 Å². The molecule has 2 aliphatic rings. The predicted octanol–water partition coefficient (Wildman–Crippen LogP) is 5.23. The van der Waals surface area contributed by atoms with E-state index in [9.17, 15) is 0 Å². The molecule has 6 heteroatoms. The maximum Gasteiger partial charge on any atom is 0.191 e. The highest BCUT2D eigenvalue weighted by Crippen LogP contribution is 2.40. The number of rotatable bonds is 9. The summed E-state index contributed by atoms with van der Waals surface area (Å²) in [6, 6.07) is 8.80. The quantitative estimate of drug-likeness (QED) is 0.194. The number of aryl methyl sites for hydroxylation is 1. The van der Waals surface area contributed by atoms with E-state index in [2.05, 4.69) is 53.7 Å². The molecule has 5 nitrogen and oxygen atoms in total. The molecule has 176 valence electrons. The monoisotopic (exact) mass is 543 g/mol. The average Bonchev–Trinajstić information content (AvgIpc) is 3.24. The summed E-state index contributed by atoms with van der Waals surface area (Å²) in [5.74, 6) is 1.37. The van der Waals surface area contributed by atoms with E-state index in [0.717, 1.165) is 51.7 Å². The fourth-order valence-electron chi connectivity index (χ4n) is 4.97. The number of benzene rings is 1. The molecule has 1 saturated carbocycles. The van der Waals surface area contributed by atoms with Gasteiger partial charge in [0.25, 0.3) is 0 Å². The van der Waals surface area contributed by atoms with Crippen LogP contribution in [0.4, 0.5) is 0 Å². The SMILES string of the molecule is CCOCCC1(CNC(=NC)NCC2CCCOC2c2ccc(C)cc2)CCCC1.I. The third-order valence-electron chi connectivity index (χ3n) is 6.88. The van der Waals surface area contributed by atoms with Gasteiger partial charge in [-0.3, -0.25) is 4.99 Å². The van der Waals surface area contributed by atoms with Gasteiger partial charge in [0.05, 0.1) is 6.10 Å². The predicted molar refractivity (Wildman–Crippen MR) is 139 cm³/mol. The van der Waals surface area contributed by atoms with Crippen LogP contribution in [0.2, 0.25) is 0 Å². The lowest BCUT2D eigenvalue weighted by molar-refractivity contribution is -0.0265. The fraction of sp³-hybridized carbons (Fsp3) is 0.720. The van der Waals surface area contributed by atoms with Crippen molar-refractivity contribution in [3.63, 3.8) is 0 Å². The lowest BCUT2D eigenvalue weighted by Gasteiger charge is -2.33. The van der Waals surface area contributed by atoms with E-state index in [0.29, 0.717) is 11.3 Å². The second kappa shape index (κ2) is 13.6. The van der Waals surface area contributed by atoms with Gasteiger partial charge in [0.1, 0.15) is 0 Å². The molecule has 1 aromatic rings. The van der Waals surface area contributed by atoms with Gasteiger partial charge in [-0.1, -0.05) is 42.7 Å². The first-order chi connectivity index (χ1) is 14.7. The van der Waals surface area contributed by atoms with Crippen LogP contribution in [0.1, 0.15) is 69.1 Å². The summed E-state index contributed by atoms with van der Waals surface area (Å²) < 4.78 is 11.8. The fourth-order valence-corrected chi connectivity index (χ4v) is 4.97. The van der Waals surface area contributed by atoms with Gasteiger partial charge in [-0.2, -0.15) is 0 Å². The molecule has 2 atom stereocenters. The van der Waals surface area contributed by atoms with Gasteiger partial charge in [0.15, 0.2) is 5.96 Å². The van der Waals surface area contributed by atoms with Gasteiger partial charge in [-0.15, -0.1) is 24.0 Å². The van der Waals surface area contributed by atoms with E-state index in [1.165, 1.54) is 43.2 Å². The van der Waals surface area contributed by atoms with E-state index in [1.54, 1.807) is 0 Å². The van der Waals surface area contributed by atoms with E-state index >= 15 is 0 Å². The van der Waals surface area contributed by atoms with Crippen molar-refractivity contribution in [2.24, 2.45) is 16.3 Å². The van der Waals surface area contributed by atoms with Crippen molar-refractivity contribution in [2.75, 3.05) is 40.0 Å². The van der Waals surface area contributed by atoms with E-state index in [4.69, 9.17) is 9.47 Å². The number of halogens is 1. The molecule has 0 radical (unpaired) electrons. The number of nitrogens with zero attached hydrogens (tertiary/aromatic N) is 1. The number of aliphatic imine (C=N–C) groups is 1. The van der Waals surface area contributed by atoms with Crippen LogP contribution in [-0.2, 0) is 9.47 Å². The molecule has 1 aliphatic heterocycles. The molecular weight excluding hydrogens is 501 g/mol. The normalized spacial score (nSPS) is 23.3. The first kappa shape index (κ1) is 26.4. The molecule has 0 amide bonds. The van der Waals surface area contributed by atoms with Crippen LogP contribution in [-0.4, -0.2) is 45.9 Å². The van der Waals surface area contributed by atoms with Gasteiger partial charge in [-0.05, 0) is 56.9 Å². The summed E-state index contributed by atoms with van der Waals surface area (Å²) in [6.07, 6.45) is 8.84. The second-order valence-electron chi connectivity index (χ2n) is 9.07. The Morgan fingerprint density at radius 1 is 1.16 bits per heavy atom. The van der Waals surface area contributed by atoms with Crippen molar-refractivity contribution >= 4 is 29.9 Å². The minimum absolute atomic E-state index is 0. The Morgan fingerprint density at radius 2 is 1.90 bits per heavy atom. The maximum atomic E-state index is 6.18. The van der Waals surface area contributed by atoms with Crippen molar-refractivity contribution in [1.29, 1.82) is 0 Å². The summed E-state index contributed by atoms with van der Waals surface area (Å²) in [7, 11) is 1.87. The van der Waals surface area contributed by atoms with Crippen LogP contribution >= 0.6 is 24.0 Å².